The fraction of sp³-hybridized carbons (Fsp3) is 0.762. The van der Waals surface area contributed by atoms with Crippen molar-refractivity contribution < 1.29 is 39.4 Å². The highest BCUT2D eigenvalue weighted by molar-refractivity contribution is 5.74. The van der Waals surface area contributed by atoms with Gasteiger partial charge in [-0.05, 0) is 32.3 Å². The number of hydrogen-bond donors (Lipinski definition) is 4. The maximum atomic E-state index is 12.0. The standard InChI is InChI=1S/C21H32O8/c1-10-4-7-14(27-19-16(9-22)29-21(26)18(24)17(19)23)11(2)5-6-13-12(3)20(25)28-15(13)8-10/h4-5,12-19,21-24,26H,6-9H2,1-3H3/b10-4+,11-5+/t12-,13-,14-,15+,16-,17+,18-,19+,21-/m1/s1. The molecule has 0 aromatic heterocycles. The maximum Gasteiger partial charge on any atom is 0.309 e. The zero-order valence-corrected chi connectivity index (χ0v) is 17.1. The molecule has 8 heteroatoms. The van der Waals surface area contributed by atoms with Crippen molar-refractivity contribution in [3.63, 3.8) is 0 Å². The minimum Gasteiger partial charge on any atom is -0.461 e. The van der Waals surface area contributed by atoms with Gasteiger partial charge in [-0.3, -0.25) is 4.79 Å². The number of fused-ring (bicyclic) bond motifs is 1. The van der Waals surface area contributed by atoms with Gasteiger partial charge in [0, 0.05) is 12.3 Å². The van der Waals surface area contributed by atoms with Crippen molar-refractivity contribution in [2.75, 3.05) is 6.61 Å². The lowest BCUT2D eigenvalue weighted by Gasteiger charge is -2.41. The van der Waals surface area contributed by atoms with E-state index >= 15 is 0 Å². The molecule has 0 saturated carbocycles. The lowest BCUT2D eigenvalue weighted by atomic mass is 9.84. The summed E-state index contributed by atoms with van der Waals surface area (Å²) in [6, 6.07) is 0. The molecule has 0 unspecified atom stereocenters. The Morgan fingerprint density at radius 2 is 1.86 bits per heavy atom. The van der Waals surface area contributed by atoms with E-state index in [-0.39, 0.29) is 23.9 Å². The molecule has 0 bridgehead atoms. The first-order chi connectivity index (χ1) is 13.7. The summed E-state index contributed by atoms with van der Waals surface area (Å²) < 4.78 is 16.9. The smallest absolute Gasteiger partial charge is 0.309 e. The van der Waals surface area contributed by atoms with Gasteiger partial charge in [0.2, 0.25) is 0 Å². The van der Waals surface area contributed by atoms with E-state index in [1.807, 2.05) is 32.9 Å². The molecule has 29 heavy (non-hydrogen) atoms. The molecule has 0 radical (unpaired) electrons. The minimum absolute atomic E-state index is 0.0883. The van der Waals surface area contributed by atoms with Crippen molar-refractivity contribution in [2.24, 2.45) is 11.8 Å². The largest absolute Gasteiger partial charge is 0.461 e. The number of carbonyl (C=O) groups is 1. The van der Waals surface area contributed by atoms with Gasteiger partial charge in [-0.2, -0.15) is 0 Å². The molecule has 1 aliphatic carbocycles. The second kappa shape index (κ2) is 9.24. The average Bonchev–Trinajstić information content (AvgIpc) is 2.95. The predicted octanol–water partition coefficient (Wildman–Crippen LogP) is 0.426. The molecule has 2 aliphatic heterocycles. The van der Waals surface area contributed by atoms with Crippen LogP contribution in [0.3, 0.4) is 0 Å². The molecule has 0 aromatic carbocycles. The number of esters is 1. The minimum atomic E-state index is -1.58. The van der Waals surface area contributed by atoms with Crippen molar-refractivity contribution in [1.29, 1.82) is 0 Å². The van der Waals surface area contributed by atoms with Crippen LogP contribution in [0.4, 0.5) is 0 Å². The lowest BCUT2D eigenvalue weighted by molar-refractivity contribution is -0.298. The van der Waals surface area contributed by atoms with Gasteiger partial charge in [-0.25, -0.2) is 0 Å². The maximum absolute atomic E-state index is 12.0. The fourth-order valence-electron chi connectivity index (χ4n) is 4.33. The van der Waals surface area contributed by atoms with E-state index in [0.29, 0.717) is 19.3 Å². The molecule has 0 spiro atoms. The van der Waals surface area contributed by atoms with E-state index < -0.39 is 43.4 Å². The van der Waals surface area contributed by atoms with Crippen LogP contribution < -0.4 is 0 Å². The molecule has 4 N–H and O–H groups in total. The lowest BCUT2D eigenvalue weighted by Crippen LogP contribution is -2.60. The Balaban J connectivity index is 1.80. The van der Waals surface area contributed by atoms with Crippen LogP contribution in [0.1, 0.15) is 40.0 Å². The van der Waals surface area contributed by atoms with Crippen LogP contribution in [0.2, 0.25) is 0 Å². The Kier molecular flexibility index (Phi) is 7.14. The van der Waals surface area contributed by atoms with Crippen LogP contribution in [0.25, 0.3) is 0 Å². The van der Waals surface area contributed by atoms with Gasteiger partial charge in [0.25, 0.3) is 0 Å². The number of allylic oxidation sites excluding steroid dienone is 1. The van der Waals surface area contributed by atoms with Gasteiger partial charge in [0.15, 0.2) is 6.29 Å². The van der Waals surface area contributed by atoms with Gasteiger partial charge in [0.05, 0.1) is 18.6 Å². The number of aliphatic hydroxyl groups excluding tert-OH is 4. The van der Waals surface area contributed by atoms with Gasteiger partial charge >= 0.3 is 5.97 Å². The average molecular weight is 412 g/mol. The summed E-state index contributed by atoms with van der Waals surface area (Å²) in [4.78, 5) is 12.0. The molecule has 9 atom stereocenters. The monoisotopic (exact) mass is 412 g/mol. The Hall–Kier alpha value is -1.29. The van der Waals surface area contributed by atoms with Crippen molar-refractivity contribution in [1.82, 2.24) is 0 Å². The molecular weight excluding hydrogens is 380 g/mol. The highest BCUT2D eigenvalue weighted by atomic mass is 16.7. The van der Waals surface area contributed by atoms with Crippen molar-refractivity contribution >= 4 is 5.97 Å². The van der Waals surface area contributed by atoms with E-state index in [1.165, 1.54) is 0 Å². The number of hydrogen-bond acceptors (Lipinski definition) is 8. The first-order valence-electron chi connectivity index (χ1n) is 10.2. The zero-order valence-electron chi connectivity index (χ0n) is 17.1. The van der Waals surface area contributed by atoms with E-state index in [0.717, 1.165) is 11.1 Å². The van der Waals surface area contributed by atoms with Crippen molar-refractivity contribution in [2.45, 2.75) is 82.9 Å². The highest BCUT2D eigenvalue weighted by Gasteiger charge is 2.46. The molecule has 8 nitrogen and oxygen atoms in total. The van der Waals surface area contributed by atoms with Crippen LogP contribution in [-0.2, 0) is 19.0 Å². The van der Waals surface area contributed by atoms with E-state index in [4.69, 9.17) is 14.2 Å². The van der Waals surface area contributed by atoms with Gasteiger partial charge in [-0.15, -0.1) is 0 Å². The summed E-state index contributed by atoms with van der Waals surface area (Å²) >= 11 is 0. The Morgan fingerprint density at radius 1 is 1.14 bits per heavy atom. The fourth-order valence-corrected chi connectivity index (χ4v) is 4.33. The second-order valence-electron chi connectivity index (χ2n) is 8.42. The van der Waals surface area contributed by atoms with Gasteiger partial charge in [-0.1, -0.05) is 24.6 Å². The molecule has 3 rings (SSSR count). The first kappa shape index (κ1) is 22.4. The molecule has 2 heterocycles. The number of rotatable bonds is 3. The predicted molar refractivity (Wildman–Crippen MR) is 103 cm³/mol. The number of aliphatic hydroxyl groups is 4. The summed E-state index contributed by atoms with van der Waals surface area (Å²) in [5.41, 5.74) is 2.01. The third kappa shape index (κ3) is 4.73. The van der Waals surface area contributed by atoms with Crippen LogP contribution in [0.15, 0.2) is 23.3 Å². The third-order valence-electron chi connectivity index (χ3n) is 6.34. The topological polar surface area (TPSA) is 126 Å². The summed E-state index contributed by atoms with van der Waals surface area (Å²) in [5, 5.41) is 39.6. The Bertz CT molecular complexity index is 657. The summed E-state index contributed by atoms with van der Waals surface area (Å²) in [6.07, 6.45) is -1.06. The normalized spacial score (nSPS) is 47.4. The van der Waals surface area contributed by atoms with Crippen LogP contribution >= 0.6 is 0 Å². The molecular formula is C21H32O8. The highest BCUT2D eigenvalue weighted by Crippen LogP contribution is 2.36. The van der Waals surface area contributed by atoms with Crippen molar-refractivity contribution in [3.05, 3.63) is 23.3 Å². The quantitative estimate of drug-likeness (QED) is 0.388. The Morgan fingerprint density at radius 3 is 2.55 bits per heavy atom. The zero-order chi connectivity index (χ0) is 21.3. The molecule has 0 aromatic rings. The van der Waals surface area contributed by atoms with E-state index in [9.17, 15) is 25.2 Å². The van der Waals surface area contributed by atoms with Crippen molar-refractivity contribution in [3.8, 4) is 0 Å². The molecule has 0 amide bonds. The first-order valence-corrected chi connectivity index (χ1v) is 10.2. The summed E-state index contributed by atoms with van der Waals surface area (Å²) in [6.45, 7) is 5.34. The van der Waals surface area contributed by atoms with Crippen LogP contribution in [-0.4, -0.2) is 75.9 Å². The molecule has 2 saturated heterocycles. The number of ether oxygens (including phenoxy) is 3. The van der Waals surface area contributed by atoms with Gasteiger partial charge in [0.1, 0.15) is 30.5 Å². The molecule has 164 valence electrons. The summed E-state index contributed by atoms with van der Waals surface area (Å²) in [7, 11) is 0. The Labute approximate surface area is 170 Å². The van der Waals surface area contributed by atoms with Crippen LogP contribution in [0.5, 0.6) is 0 Å². The SMILES string of the molecule is C/C1=C\C[C@@H](O[C@@H]2[C@@H](O)[C@@H](O)[C@H](O)O[C@@H]2CO)/C(C)=C/C[C@H]2[C@H](C1)OC(=O)[C@@H]2C. The number of carbonyl (C=O) groups excluding carboxylic acids is 1. The third-order valence-corrected chi connectivity index (χ3v) is 6.34. The van der Waals surface area contributed by atoms with E-state index in [2.05, 4.69) is 0 Å². The molecule has 3 aliphatic rings. The van der Waals surface area contributed by atoms with Gasteiger partial charge < -0.3 is 34.6 Å². The second-order valence-corrected chi connectivity index (χ2v) is 8.42. The molecule has 2 fully saturated rings. The van der Waals surface area contributed by atoms with E-state index in [1.54, 1.807) is 0 Å². The van der Waals surface area contributed by atoms with Crippen LogP contribution in [0, 0.1) is 11.8 Å². The summed E-state index contributed by atoms with van der Waals surface area (Å²) in [5.74, 6) is -0.239.